The fraction of sp³-hybridized carbons (Fsp3) is 0.667. The predicted molar refractivity (Wildman–Crippen MR) is 128 cm³/mol. The van der Waals surface area contributed by atoms with Crippen molar-refractivity contribution in [1.29, 1.82) is 0 Å². The van der Waals surface area contributed by atoms with Crippen molar-refractivity contribution in [3.8, 4) is 0 Å². The molecule has 1 saturated carbocycles. The highest BCUT2D eigenvalue weighted by Crippen LogP contribution is 2.30. The van der Waals surface area contributed by atoms with Crippen molar-refractivity contribution in [2.24, 2.45) is 11.1 Å². The summed E-state index contributed by atoms with van der Waals surface area (Å²) in [7, 11) is 0. The van der Waals surface area contributed by atoms with Gasteiger partial charge < -0.3 is 25.6 Å². The number of nitrogens with two attached hydrogens (primary N) is 1. The van der Waals surface area contributed by atoms with Crippen LogP contribution in [0.5, 0.6) is 0 Å². The summed E-state index contributed by atoms with van der Waals surface area (Å²) in [5.41, 5.74) is 7.52. The number of hydrogen-bond acceptors (Lipinski definition) is 4. The van der Waals surface area contributed by atoms with Gasteiger partial charge in [-0.2, -0.15) is 0 Å². The maximum absolute atomic E-state index is 13.3. The molecule has 1 heterocycles. The van der Waals surface area contributed by atoms with E-state index in [1.807, 2.05) is 11.0 Å². The van der Waals surface area contributed by atoms with Gasteiger partial charge in [0.1, 0.15) is 0 Å². The molecule has 0 unspecified atom stereocenters. The van der Waals surface area contributed by atoms with E-state index in [9.17, 15) is 9.59 Å². The number of nitrogens with one attached hydrogen (secondary N) is 1. The second-order valence-corrected chi connectivity index (χ2v) is 10.6. The maximum Gasteiger partial charge on any atom is 0.321 e. The number of rotatable bonds is 5. The van der Waals surface area contributed by atoms with E-state index >= 15 is 0 Å². The van der Waals surface area contributed by atoms with Gasteiger partial charge in [0.15, 0.2) is 0 Å². The Morgan fingerprint density at radius 3 is 2.47 bits per heavy atom. The third-order valence-corrected chi connectivity index (χ3v) is 6.49. The van der Waals surface area contributed by atoms with Gasteiger partial charge in [-0.3, -0.25) is 4.79 Å². The van der Waals surface area contributed by atoms with Gasteiger partial charge in [0.25, 0.3) is 0 Å². The number of morpholine rings is 1. The molecule has 32 heavy (non-hydrogen) atoms. The van der Waals surface area contributed by atoms with Crippen LogP contribution in [0.25, 0.3) is 0 Å². The zero-order chi connectivity index (χ0) is 23.3. The molecule has 0 atom stereocenters. The van der Waals surface area contributed by atoms with Crippen molar-refractivity contribution >= 4 is 29.2 Å². The first-order valence-corrected chi connectivity index (χ1v) is 12.0. The van der Waals surface area contributed by atoms with Crippen molar-refractivity contribution in [2.75, 3.05) is 31.6 Å². The zero-order valence-electron chi connectivity index (χ0n) is 19.5. The molecule has 0 aromatic heterocycles. The fourth-order valence-corrected chi connectivity index (χ4v) is 4.49. The second-order valence-electron chi connectivity index (χ2n) is 10.2. The van der Waals surface area contributed by atoms with Crippen LogP contribution in [0.3, 0.4) is 0 Å². The Labute approximate surface area is 196 Å². The molecule has 7 nitrogen and oxygen atoms in total. The average Bonchev–Trinajstić information content (AvgIpc) is 2.74. The summed E-state index contributed by atoms with van der Waals surface area (Å²) in [4.78, 5) is 29.6. The van der Waals surface area contributed by atoms with E-state index in [0.717, 1.165) is 31.2 Å². The van der Waals surface area contributed by atoms with Crippen molar-refractivity contribution < 1.29 is 14.3 Å². The minimum atomic E-state index is -0.150. The summed E-state index contributed by atoms with van der Waals surface area (Å²) in [5, 5.41) is 3.55. The highest BCUT2D eigenvalue weighted by molar-refractivity contribution is 6.31. The van der Waals surface area contributed by atoms with Crippen LogP contribution in [0.1, 0.15) is 58.4 Å². The molecule has 3 N–H and O–H groups in total. The highest BCUT2D eigenvalue weighted by atomic mass is 35.5. The lowest BCUT2D eigenvalue weighted by Gasteiger charge is -2.37. The highest BCUT2D eigenvalue weighted by Gasteiger charge is 2.30. The van der Waals surface area contributed by atoms with Crippen LogP contribution in [0.4, 0.5) is 10.5 Å². The summed E-state index contributed by atoms with van der Waals surface area (Å²) in [6, 6.07) is 5.69. The maximum atomic E-state index is 13.3. The van der Waals surface area contributed by atoms with Crippen molar-refractivity contribution in [2.45, 2.75) is 71.5 Å². The third-order valence-electron chi connectivity index (χ3n) is 6.12. The van der Waals surface area contributed by atoms with E-state index in [1.165, 1.54) is 0 Å². The summed E-state index contributed by atoms with van der Waals surface area (Å²) in [5.74, 6) is 0.136. The number of carbonyl (C=O) groups is 2. The van der Waals surface area contributed by atoms with Crippen LogP contribution in [-0.4, -0.2) is 60.1 Å². The van der Waals surface area contributed by atoms with E-state index in [4.69, 9.17) is 22.1 Å². The zero-order valence-corrected chi connectivity index (χ0v) is 20.3. The Morgan fingerprint density at radius 2 is 1.84 bits per heavy atom. The number of halogens is 1. The average molecular weight is 465 g/mol. The number of hydrogen-bond donors (Lipinski definition) is 2. The molecule has 8 heteroatoms. The smallest absolute Gasteiger partial charge is 0.321 e. The molecule has 2 aliphatic rings. The van der Waals surface area contributed by atoms with Gasteiger partial charge in [-0.25, -0.2) is 4.79 Å². The summed E-state index contributed by atoms with van der Waals surface area (Å²) >= 11 is 6.53. The minimum Gasteiger partial charge on any atom is -0.378 e. The monoisotopic (exact) mass is 464 g/mol. The van der Waals surface area contributed by atoms with Gasteiger partial charge in [0, 0.05) is 48.8 Å². The minimum absolute atomic E-state index is 0.0990. The number of carbonyl (C=O) groups excluding carboxylic acids is 2. The van der Waals surface area contributed by atoms with E-state index in [-0.39, 0.29) is 29.4 Å². The molecule has 0 radical (unpaired) electrons. The summed E-state index contributed by atoms with van der Waals surface area (Å²) in [6.45, 7) is 8.91. The van der Waals surface area contributed by atoms with Crippen LogP contribution in [0.15, 0.2) is 18.2 Å². The van der Waals surface area contributed by atoms with E-state index in [2.05, 4.69) is 26.1 Å². The first-order chi connectivity index (χ1) is 15.1. The Hall–Kier alpha value is -1.83. The molecule has 0 bridgehead atoms. The standard InChI is InChI=1S/C24H37ClN4O3/c1-24(2,3)15-22(30)29(20-7-4-18(26)5-8-20)16-17-14-19(6-9-21(17)25)27-23(31)28-10-12-32-13-11-28/h6,9,14,18,20H,4-5,7-8,10-13,15-16,26H2,1-3H3,(H,27,31). The topological polar surface area (TPSA) is 87.9 Å². The van der Waals surface area contributed by atoms with Gasteiger partial charge >= 0.3 is 6.03 Å². The SMILES string of the molecule is CC(C)(C)CC(=O)N(Cc1cc(NC(=O)N2CCOCC2)ccc1Cl)C1CCC(N)CC1. The van der Waals surface area contributed by atoms with Crippen LogP contribution >= 0.6 is 11.6 Å². The molecular formula is C24H37ClN4O3. The van der Waals surface area contributed by atoms with Crippen LogP contribution in [0.2, 0.25) is 5.02 Å². The molecule has 3 amide bonds. The van der Waals surface area contributed by atoms with Crippen molar-refractivity contribution in [3.05, 3.63) is 28.8 Å². The van der Waals surface area contributed by atoms with Gasteiger partial charge in [0.05, 0.1) is 13.2 Å². The Kier molecular flexibility index (Phi) is 8.42. The number of nitrogens with zero attached hydrogens (tertiary/aromatic N) is 2. The first-order valence-electron chi connectivity index (χ1n) is 11.6. The van der Waals surface area contributed by atoms with Crippen molar-refractivity contribution in [1.82, 2.24) is 9.80 Å². The molecule has 0 spiro atoms. The van der Waals surface area contributed by atoms with Gasteiger partial charge in [0.2, 0.25) is 5.91 Å². The summed E-state index contributed by atoms with van der Waals surface area (Å²) in [6.07, 6.45) is 4.13. The predicted octanol–water partition coefficient (Wildman–Crippen LogP) is 4.24. The fourth-order valence-electron chi connectivity index (χ4n) is 4.32. The largest absolute Gasteiger partial charge is 0.378 e. The van der Waals surface area contributed by atoms with Crippen LogP contribution < -0.4 is 11.1 Å². The number of anilines is 1. The molecule has 178 valence electrons. The van der Waals surface area contributed by atoms with Gasteiger partial charge in [-0.1, -0.05) is 32.4 Å². The van der Waals surface area contributed by atoms with Crippen LogP contribution in [0, 0.1) is 5.41 Å². The number of urea groups is 1. The molecule has 3 rings (SSSR count). The van der Waals surface area contributed by atoms with Gasteiger partial charge in [-0.15, -0.1) is 0 Å². The molecule has 1 saturated heterocycles. The quantitative estimate of drug-likeness (QED) is 0.682. The summed E-state index contributed by atoms with van der Waals surface area (Å²) < 4.78 is 5.32. The Morgan fingerprint density at radius 1 is 1.19 bits per heavy atom. The lowest BCUT2D eigenvalue weighted by Crippen LogP contribution is -2.44. The first kappa shape index (κ1) is 24.8. The van der Waals surface area contributed by atoms with Crippen LogP contribution in [-0.2, 0) is 16.1 Å². The second kappa shape index (κ2) is 10.9. The normalized spacial score (nSPS) is 21.8. The van der Waals surface area contributed by atoms with E-state index in [0.29, 0.717) is 50.0 Å². The van der Waals surface area contributed by atoms with Crippen molar-refractivity contribution in [3.63, 3.8) is 0 Å². The van der Waals surface area contributed by atoms with E-state index in [1.54, 1.807) is 17.0 Å². The lowest BCUT2D eigenvalue weighted by molar-refractivity contribution is -0.137. The number of benzene rings is 1. The lowest BCUT2D eigenvalue weighted by atomic mass is 9.88. The van der Waals surface area contributed by atoms with E-state index < -0.39 is 0 Å². The Balaban J connectivity index is 1.76. The molecule has 1 aliphatic carbocycles. The molecular weight excluding hydrogens is 428 g/mol. The number of ether oxygens (including phenoxy) is 1. The molecule has 1 aliphatic heterocycles. The third kappa shape index (κ3) is 7.09. The molecule has 1 aromatic carbocycles. The van der Waals surface area contributed by atoms with Gasteiger partial charge in [-0.05, 0) is 54.9 Å². The molecule has 2 fully saturated rings. The molecule has 1 aromatic rings. The number of amides is 3. The Bertz CT molecular complexity index is 797.